The highest BCUT2D eigenvalue weighted by atomic mass is 32.2. The zero-order valence-corrected chi connectivity index (χ0v) is 18.0. The van der Waals surface area contributed by atoms with Crippen LogP contribution in [0.15, 0.2) is 21.5 Å². The minimum Gasteiger partial charge on any atom is -0.477 e. The van der Waals surface area contributed by atoms with E-state index in [1.165, 1.54) is 28.0 Å². The first-order valence-corrected chi connectivity index (χ1v) is 10.9. The molecule has 158 valence electrons. The number of methoxy groups -OCH3 is 1. The summed E-state index contributed by atoms with van der Waals surface area (Å²) in [5.41, 5.74) is 2.56. The monoisotopic (exact) mass is 440 g/mol. The molecule has 1 aromatic rings. The third-order valence-corrected chi connectivity index (χ3v) is 7.00. The summed E-state index contributed by atoms with van der Waals surface area (Å²) in [6.45, 7) is 4.83. The van der Waals surface area contributed by atoms with E-state index in [0.29, 0.717) is 24.7 Å². The number of carboxylic acids is 1. The molecule has 0 bridgehead atoms. The van der Waals surface area contributed by atoms with E-state index in [4.69, 9.17) is 9.47 Å². The predicted octanol–water partition coefficient (Wildman–Crippen LogP) is 2.16. The summed E-state index contributed by atoms with van der Waals surface area (Å²) in [5, 5.41) is 21.4. The Kier molecular flexibility index (Phi) is 7.12. The number of fused-ring (bicyclic) bond motifs is 1. The van der Waals surface area contributed by atoms with Crippen LogP contribution in [0.2, 0.25) is 0 Å². The van der Waals surface area contributed by atoms with Gasteiger partial charge in [0.15, 0.2) is 0 Å². The summed E-state index contributed by atoms with van der Waals surface area (Å²) < 4.78 is 10.5. The number of nitrogens with zero attached hydrogens (tertiary/aromatic N) is 2. The molecular formula is C19H24N2O6S2. The van der Waals surface area contributed by atoms with Crippen LogP contribution in [-0.4, -0.2) is 64.4 Å². The van der Waals surface area contributed by atoms with Gasteiger partial charge in [-0.15, -0.1) is 11.3 Å². The summed E-state index contributed by atoms with van der Waals surface area (Å²) in [6.07, 6.45) is 1.07. The largest absolute Gasteiger partial charge is 0.477 e. The third-order valence-electron chi connectivity index (χ3n) is 5.07. The molecule has 0 spiro atoms. The van der Waals surface area contributed by atoms with E-state index in [1.54, 1.807) is 19.5 Å². The number of hydrogen-bond donors (Lipinski definition) is 2. The number of thiazole rings is 1. The Morgan fingerprint density at radius 1 is 1.48 bits per heavy atom. The maximum atomic E-state index is 12.4. The van der Waals surface area contributed by atoms with Gasteiger partial charge in [0, 0.05) is 17.9 Å². The number of ether oxygens (including phenoxy) is 2. The van der Waals surface area contributed by atoms with Crippen molar-refractivity contribution in [2.75, 3.05) is 20.3 Å². The Morgan fingerprint density at radius 3 is 2.90 bits per heavy atom. The van der Waals surface area contributed by atoms with Gasteiger partial charge in [-0.1, -0.05) is 18.7 Å². The lowest BCUT2D eigenvalue weighted by Crippen LogP contribution is -2.63. The van der Waals surface area contributed by atoms with Crippen molar-refractivity contribution >= 4 is 41.1 Å². The first kappa shape index (κ1) is 22.0. The quantitative estimate of drug-likeness (QED) is 0.421. The van der Waals surface area contributed by atoms with Crippen molar-refractivity contribution in [3.05, 3.63) is 32.1 Å². The van der Waals surface area contributed by atoms with Crippen molar-refractivity contribution in [3.63, 3.8) is 0 Å². The molecule has 0 aliphatic carbocycles. The highest BCUT2D eigenvalue weighted by Gasteiger charge is 2.59. The molecule has 1 fully saturated rings. The lowest BCUT2D eigenvalue weighted by Gasteiger charge is -2.46. The second kappa shape index (κ2) is 9.40. The number of aromatic nitrogens is 1. The molecule has 3 rings (SSSR count). The molecule has 10 heteroatoms. The van der Waals surface area contributed by atoms with Crippen LogP contribution in [0.25, 0.3) is 6.08 Å². The van der Waals surface area contributed by atoms with Crippen LogP contribution < -0.4 is 0 Å². The number of rotatable bonds is 10. The van der Waals surface area contributed by atoms with Crippen molar-refractivity contribution in [1.82, 2.24) is 9.88 Å². The van der Waals surface area contributed by atoms with E-state index >= 15 is 0 Å². The van der Waals surface area contributed by atoms with E-state index in [0.717, 1.165) is 10.6 Å². The fourth-order valence-corrected chi connectivity index (χ4v) is 5.46. The molecule has 2 aliphatic heterocycles. The Balaban J connectivity index is 1.71. The van der Waals surface area contributed by atoms with Gasteiger partial charge >= 0.3 is 5.97 Å². The normalized spacial score (nSPS) is 24.9. The second-order valence-corrected chi connectivity index (χ2v) is 8.74. The average molecular weight is 441 g/mol. The van der Waals surface area contributed by atoms with Crippen LogP contribution in [-0.2, 0) is 25.7 Å². The van der Waals surface area contributed by atoms with E-state index < -0.39 is 18.0 Å². The Bertz CT molecular complexity index is 834. The van der Waals surface area contributed by atoms with E-state index in [-0.39, 0.29) is 23.6 Å². The molecule has 2 aliphatic rings. The second-order valence-electron chi connectivity index (χ2n) is 6.90. The van der Waals surface area contributed by atoms with E-state index in [2.05, 4.69) is 4.98 Å². The van der Waals surface area contributed by atoms with Gasteiger partial charge in [0.2, 0.25) is 5.91 Å². The molecule has 1 aromatic heterocycles. The lowest BCUT2D eigenvalue weighted by molar-refractivity contribution is -0.163. The summed E-state index contributed by atoms with van der Waals surface area (Å²) in [6, 6.07) is -0.308. The first-order chi connectivity index (χ1) is 13.9. The van der Waals surface area contributed by atoms with E-state index in [1.807, 2.05) is 18.4 Å². The zero-order valence-electron chi connectivity index (χ0n) is 16.4. The number of thioether (sulfide) groups is 1. The average Bonchev–Trinajstić information content (AvgIpc) is 3.20. The standard InChI is InChI=1S/C19H24N2O6S2/c1-10-15-14(11(2)22)18(23)21(15)16(19(24)25)17(10)28-7-4-13-12(20-9-29-13)8-27-6-5-26-3/h4,7,9-11,14-15,22H,5-6,8H2,1-3H3,(H,24,25)/b7-4-/t10-,11-,14-,15+/m1/s1. The minimum absolute atomic E-state index is 0.0199. The fraction of sp³-hybridized carbons (Fsp3) is 0.526. The molecule has 0 radical (unpaired) electrons. The van der Waals surface area contributed by atoms with Gasteiger partial charge in [-0.3, -0.25) is 4.79 Å². The maximum absolute atomic E-state index is 12.4. The molecule has 4 atom stereocenters. The summed E-state index contributed by atoms with van der Waals surface area (Å²) >= 11 is 2.76. The van der Waals surface area contributed by atoms with Gasteiger partial charge in [-0.25, -0.2) is 9.78 Å². The number of hydrogen-bond acceptors (Lipinski definition) is 8. The minimum atomic E-state index is -1.13. The van der Waals surface area contributed by atoms with Gasteiger partial charge in [0.25, 0.3) is 0 Å². The number of carbonyl (C=O) groups excluding carboxylic acids is 1. The van der Waals surface area contributed by atoms with Crippen molar-refractivity contribution in [3.8, 4) is 0 Å². The fourth-order valence-electron chi connectivity index (χ4n) is 3.68. The van der Waals surface area contributed by atoms with Gasteiger partial charge < -0.3 is 24.6 Å². The van der Waals surface area contributed by atoms with E-state index in [9.17, 15) is 19.8 Å². The summed E-state index contributed by atoms with van der Waals surface area (Å²) in [5.74, 6) is -2.17. The van der Waals surface area contributed by atoms with Gasteiger partial charge in [0.05, 0.1) is 54.0 Å². The highest BCUT2D eigenvalue weighted by Crippen LogP contribution is 2.50. The van der Waals surface area contributed by atoms with Crippen molar-refractivity contribution < 1.29 is 29.3 Å². The number of carboxylic acid groups (broad SMARTS) is 1. The first-order valence-electron chi connectivity index (χ1n) is 9.19. The SMILES string of the molecule is COCCOCc1ncsc1/C=C\SC1=C(C(=O)O)N2C(=O)[C@H]([C@@H](C)O)[C@@H]2[C@H]1C. The molecule has 0 saturated carbocycles. The molecule has 3 heterocycles. The van der Waals surface area contributed by atoms with Crippen LogP contribution in [0.5, 0.6) is 0 Å². The maximum Gasteiger partial charge on any atom is 0.353 e. The molecule has 8 nitrogen and oxygen atoms in total. The van der Waals surface area contributed by atoms with Gasteiger partial charge in [-0.2, -0.15) is 0 Å². The van der Waals surface area contributed by atoms with Crippen molar-refractivity contribution in [2.45, 2.75) is 32.6 Å². The third kappa shape index (κ3) is 4.26. The molecule has 1 amide bonds. The number of aliphatic carboxylic acids is 1. The molecule has 29 heavy (non-hydrogen) atoms. The smallest absolute Gasteiger partial charge is 0.353 e. The van der Waals surface area contributed by atoms with Crippen LogP contribution in [0.4, 0.5) is 0 Å². The molecule has 2 N–H and O–H groups in total. The zero-order chi connectivity index (χ0) is 21.1. The van der Waals surface area contributed by atoms with Crippen LogP contribution in [0.3, 0.4) is 0 Å². The lowest BCUT2D eigenvalue weighted by atomic mass is 9.79. The Morgan fingerprint density at radius 2 is 2.24 bits per heavy atom. The van der Waals surface area contributed by atoms with Crippen LogP contribution in [0.1, 0.15) is 24.4 Å². The predicted molar refractivity (Wildman–Crippen MR) is 110 cm³/mol. The molecule has 0 unspecified atom stereocenters. The van der Waals surface area contributed by atoms with Crippen LogP contribution >= 0.6 is 23.1 Å². The number of carbonyl (C=O) groups is 2. The number of amides is 1. The number of aliphatic hydroxyl groups is 1. The van der Waals surface area contributed by atoms with Crippen molar-refractivity contribution in [1.29, 1.82) is 0 Å². The van der Waals surface area contributed by atoms with Gasteiger partial charge in [0.1, 0.15) is 5.70 Å². The van der Waals surface area contributed by atoms with Gasteiger partial charge in [-0.05, 0) is 18.4 Å². The molecule has 1 saturated heterocycles. The molecule has 0 aromatic carbocycles. The Hall–Kier alpha value is -1.72. The highest BCUT2D eigenvalue weighted by molar-refractivity contribution is 8.06. The number of aliphatic hydroxyl groups excluding tert-OH is 1. The summed E-state index contributed by atoms with van der Waals surface area (Å²) in [7, 11) is 1.61. The van der Waals surface area contributed by atoms with Crippen LogP contribution in [0, 0.1) is 11.8 Å². The Labute approximate surface area is 177 Å². The number of β-lactam (4-membered cyclic amide) rings is 1. The summed E-state index contributed by atoms with van der Waals surface area (Å²) in [4.78, 5) is 31.3. The van der Waals surface area contributed by atoms with Crippen molar-refractivity contribution in [2.24, 2.45) is 11.8 Å². The topological polar surface area (TPSA) is 109 Å². The molecular weight excluding hydrogens is 416 g/mol.